The Labute approximate surface area is 145 Å². The quantitative estimate of drug-likeness (QED) is 0.274. The summed E-state index contributed by atoms with van der Waals surface area (Å²) < 4.78 is 60.4. The second-order valence-electron chi connectivity index (χ2n) is 6.25. The van der Waals surface area contributed by atoms with Crippen molar-refractivity contribution in [2.75, 3.05) is 52.8 Å². The van der Waals surface area contributed by atoms with E-state index >= 15 is 0 Å². The fraction of sp³-hybridized carbons (Fsp3) is 0.917. The lowest BCUT2D eigenvalue weighted by molar-refractivity contribution is -0.849. The van der Waals surface area contributed by atoms with Gasteiger partial charge in [-0.05, 0) is 6.42 Å². The second kappa shape index (κ2) is 13.5. The number of nitrogens with zero attached hydrogens (tertiary/aromatic N) is 1. The molecule has 0 heterocycles. The Bertz CT molecular complexity index is 519. The van der Waals surface area contributed by atoms with E-state index in [1.54, 1.807) is 0 Å². The molecular formula is C12H31N3O7S2. The van der Waals surface area contributed by atoms with Gasteiger partial charge < -0.3 is 24.6 Å². The summed E-state index contributed by atoms with van der Waals surface area (Å²) in [5.74, 6) is -0.933. The van der Waals surface area contributed by atoms with E-state index in [1.807, 2.05) is 0 Å². The molecule has 0 saturated carbocycles. The minimum Gasteiger partial charge on any atom is -0.748 e. The zero-order valence-corrected chi connectivity index (χ0v) is 16.7. The van der Waals surface area contributed by atoms with Crippen LogP contribution >= 0.6 is 0 Å². The molecule has 0 radical (unpaired) electrons. The first-order chi connectivity index (χ1) is 10.5. The number of carbonyl (C=O) groups excluding carboxylic acids is 1. The van der Waals surface area contributed by atoms with Gasteiger partial charge in [0.1, 0.15) is 0 Å². The first-order valence-corrected chi connectivity index (χ1v) is 10.3. The van der Waals surface area contributed by atoms with Crippen LogP contribution in [-0.2, 0) is 25.0 Å². The summed E-state index contributed by atoms with van der Waals surface area (Å²) in [7, 11) is 0.400. The molecule has 0 rings (SSSR count). The largest absolute Gasteiger partial charge is 0.748 e. The molecule has 0 fully saturated rings. The van der Waals surface area contributed by atoms with Crippen molar-refractivity contribution < 1.29 is 41.0 Å². The molecule has 0 spiro atoms. The second-order valence-corrected chi connectivity index (χ2v) is 9.30. The van der Waals surface area contributed by atoms with Crippen LogP contribution in [0.5, 0.6) is 0 Å². The molecule has 0 aromatic carbocycles. The van der Waals surface area contributed by atoms with Gasteiger partial charge in [-0.3, -0.25) is 4.79 Å². The van der Waals surface area contributed by atoms with E-state index in [4.69, 9.17) is 0 Å². The van der Waals surface area contributed by atoms with Crippen molar-refractivity contribution >= 4 is 26.1 Å². The highest BCUT2D eigenvalue weighted by atomic mass is 32.2. The van der Waals surface area contributed by atoms with Gasteiger partial charge in [-0.25, -0.2) is 16.8 Å². The zero-order chi connectivity index (χ0) is 20.0. The van der Waals surface area contributed by atoms with Gasteiger partial charge in [0.25, 0.3) is 0 Å². The maximum atomic E-state index is 10.2. The third kappa shape index (κ3) is 58.1. The van der Waals surface area contributed by atoms with Gasteiger partial charge in [0, 0.05) is 31.4 Å². The number of hydrogen-bond acceptors (Lipinski definition) is 7. The molecule has 0 bridgehead atoms. The molecule has 0 aliphatic heterocycles. The van der Waals surface area contributed by atoms with E-state index in [1.165, 1.54) is 6.92 Å². The first kappa shape index (κ1) is 28.0. The molecule has 10 nitrogen and oxygen atoms in total. The van der Waals surface area contributed by atoms with Crippen molar-refractivity contribution in [1.82, 2.24) is 5.32 Å². The molecular weight excluding hydrogens is 362 g/mol. The van der Waals surface area contributed by atoms with Gasteiger partial charge in [-0.1, -0.05) is 0 Å². The van der Waals surface area contributed by atoms with Crippen LogP contribution in [0.15, 0.2) is 0 Å². The van der Waals surface area contributed by atoms with Crippen molar-refractivity contribution in [3.8, 4) is 0 Å². The summed E-state index contributed by atoms with van der Waals surface area (Å²) in [6, 6.07) is 0. The highest BCUT2D eigenvalue weighted by Crippen LogP contribution is 1.85. The molecule has 0 aliphatic rings. The monoisotopic (exact) mass is 393 g/mol. The molecule has 148 valence electrons. The van der Waals surface area contributed by atoms with Crippen LogP contribution in [-0.4, -0.2) is 89.1 Å². The lowest BCUT2D eigenvalue weighted by Crippen LogP contribution is -2.50. The Hall–Kier alpha value is -0.790. The van der Waals surface area contributed by atoms with Crippen molar-refractivity contribution in [3.63, 3.8) is 0 Å². The van der Waals surface area contributed by atoms with Crippen LogP contribution in [0.3, 0.4) is 0 Å². The summed E-state index contributed by atoms with van der Waals surface area (Å²) in [4.78, 5) is 10.2. The third-order valence-corrected chi connectivity index (χ3v) is 3.17. The summed E-state index contributed by atoms with van der Waals surface area (Å²) >= 11 is 0. The van der Waals surface area contributed by atoms with E-state index in [-0.39, 0.29) is 24.6 Å². The minimum atomic E-state index is -4.12. The normalized spacial score (nSPS) is 11.5. The molecule has 0 aliphatic carbocycles. The van der Waals surface area contributed by atoms with E-state index in [0.29, 0.717) is 13.0 Å². The zero-order valence-electron chi connectivity index (χ0n) is 15.1. The molecule has 1 amide bonds. The van der Waals surface area contributed by atoms with Gasteiger partial charge in [-0.15, -0.1) is 0 Å². The molecule has 0 unspecified atom stereocenters. The molecule has 0 atom stereocenters. The number of hydrogen-bond donors (Lipinski definition) is 2. The number of nitrogens with one attached hydrogen (secondary N) is 1. The molecule has 0 aromatic rings. The molecule has 12 heteroatoms. The number of amides is 1. The van der Waals surface area contributed by atoms with Gasteiger partial charge in [0.05, 0.1) is 55.0 Å². The highest BCUT2D eigenvalue weighted by molar-refractivity contribution is 7.85. The van der Waals surface area contributed by atoms with Crippen LogP contribution in [0, 0.1) is 0 Å². The maximum absolute atomic E-state index is 10.2. The molecule has 0 saturated heterocycles. The molecule has 0 aromatic heterocycles. The Morgan fingerprint density at radius 1 is 0.958 bits per heavy atom. The van der Waals surface area contributed by atoms with Crippen LogP contribution < -0.4 is 11.1 Å². The standard InChI is InChI=1S/C5H11NO4S.C4H12N.C3H9NO3S/c1-5(7)6-3-2-4-11(8,9)10;1-5(2,3)4;4-2-1-3-8(5,6)7/h2-4H2,1H3,(H,6,7)(H,8,9,10);1-4H3;1-4H2,(H,5,6,7)/q;+1;/p-1. The van der Waals surface area contributed by atoms with Crippen LogP contribution in [0.4, 0.5) is 0 Å². The molecule has 4 N–H and O–H groups in total. The van der Waals surface area contributed by atoms with Gasteiger partial charge in [0.15, 0.2) is 0 Å². The maximum Gasteiger partial charge on any atom is 0.216 e. The number of rotatable bonds is 7. The predicted molar refractivity (Wildman–Crippen MR) is 88.8 cm³/mol. The average molecular weight is 394 g/mol. The van der Waals surface area contributed by atoms with E-state index in [2.05, 4.69) is 39.2 Å². The van der Waals surface area contributed by atoms with Crippen molar-refractivity contribution in [2.24, 2.45) is 0 Å². The van der Waals surface area contributed by atoms with E-state index in [0.717, 1.165) is 4.48 Å². The van der Waals surface area contributed by atoms with E-state index in [9.17, 15) is 30.7 Å². The van der Waals surface area contributed by atoms with Gasteiger partial charge >= 0.3 is 0 Å². The Kier molecular flexibility index (Phi) is 15.8. The van der Waals surface area contributed by atoms with E-state index < -0.39 is 26.0 Å². The smallest absolute Gasteiger partial charge is 0.216 e. The summed E-state index contributed by atoms with van der Waals surface area (Å²) in [5, 5.41) is 2.38. The number of quaternary nitrogens is 2. The fourth-order valence-electron chi connectivity index (χ4n) is 0.792. The molecule has 24 heavy (non-hydrogen) atoms. The SMILES string of the molecule is CC(=O)NCCCS(=O)(=O)[O-].C[N+](C)(C)C.[NH3+]CCCS(=O)(=O)[O-]. The predicted octanol–water partition coefficient (Wildman–Crippen LogP) is -2.46. The Morgan fingerprint density at radius 3 is 1.50 bits per heavy atom. The Balaban J connectivity index is -0.000000298. The summed E-state index contributed by atoms with van der Waals surface area (Å²) in [5.41, 5.74) is 3.39. The number of carbonyl (C=O) groups is 1. The third-order valence-electron chi connectivity index (χ3n) is 1.59. The van der Waals surface area contributed by atoms with Crippen molar-refractivity contribution in [1.29, 1.82) is 0 Å². The minimum absolute atomic E-state index is 0.172. The van der Waals surface area contributed by atoms with Gasteiger partial charge in [-0.2, -0.15) is 0 Å². The summed E-state index contributed by atoms with van der Waals surface area (Å²) in [6.45, 7) is 2.06. The van der Waals surface area contributed by atoms with Crippen LogP contribution in [0.1, 0.15) is 19.8 Å². The topological polar surface area (TPSA) is 171 Å². The van der Waals surface area contributed by atoms with Gasteiger partial charge in [0.2, 0.25) is 5.91 Å². The lowest BCUT2D eigenvalue weighted by atomic mass is 10.5. The van der Waals surface area contributed by atoms with Crippen LogP contribution in [0.2, 0.25) is 0 Å². The van der Waals surface area contributed by atoms with Crippen LogP contribution in [0.25, 0.3) is 0 Å². The van der Waals surface area contributed by atoms with Crippen molar-refractivity contribution in [2.45, 2.75) is 19.8 Å². The van der Waals surface area contributed by atoms with Crippen molar-refractivity contribution in [3.05, 3.63) is 0 Å². The lowest BCUT2D eigenvalue weighted by Gasteiger charge is -2.14. The average Bonchev–Trinajstić information content (AvgIpc) is 2.28. The fourth-order valence-corrected chi connectivity index (χ4v) is 1.85. The Morgan fingerprint density at radius 2 is 1.29 bits per heavy atom. The highest BCUT2D eigenvalue weighted by Gasteiger charge is 1.95. The first-order valence-electron chi connectivity index (χ1n) is 7.17. The summed E-state index contributed by atoms with van der Waals surface area (Å²) in [6.07, 6.45) is 0.539.